The number of cyclic esters (lactones) is 1. The summed E-state index contributed by atoms with van der Waals surface area (Å²) < 4.78 is 11.9. The van der Waals surface area contributed by atoms with Crippen LogP contribution in [-0.4, -0.2) is 33.1 Å². The van der Waals surface area contributed by atoms with Gasteiger partial charge in [-0.25, -0.2) is 9.78 Å². The van der Waals surface area contributed by atoms with E-state index in [-0.39, 0.29) is 31.2 Å². The molecule has 5 rings (SSSR count). The Hall–Kier alpha value is -4.17. The Morgan fingerprint density at radius 2 is 1.94 bits per heavy atom. The molecule has 0 bridgehead atoms. The quantitative estimate of drug-likeness (QED) is 0.305. The highest BCUT2D eigenvalue weighted by Crippen LogP contribution is 2.37. The molecular weight excluding hydrogens is 476 g/mol. The summed E-state index contributed by atoms with van der Waals surface area (Å²) in [5.41, 5.74) is 3.31. The molecule has 1 fully saturated rings. The molecule has 1 saturated heterocycles. The molecule has 7 nitrogen and oxygen atoms in total. The molecule has 1 aliphatic heterocycles. The predicted molar refractivity (Wildman–Crippen MR) is 136 cm³/mol. The zero-order chi connectivity index (χ0) is 25.1. The smallest absolute Gasteiger partial charge is 0.411 e. The molecular formula is C28H24N2O5S. The number of thiazole rings is 1. The molecule has 1 N–H and O–H groups in total. The minimum atomic E-state index is -0.907. The summed E-state index contributed by atoms with van der Waals surface area (Å²) in [6.07, 6.45) is 0.913. The zero-order valence-corrected chi connectivity index (χ0v) is 20.4. The Bertz CT molecular complexity index is 1370. The first-order chi connectivity index (χ1) is 17.5. The Balaban J connectivity index is 1.46. The molecule has 0 spiro atoms. The van der Waals surface area contributed by atoms with Crippen LogP contribution in [0.25, 0.3) is 10.6 Å². The van der Waals surface area contributed by atoms with Crippen molar-refractivity contribution in [1.29, 1.82) is 0 Å². The fraction of sp³-hybridized carbons (Fsp3) is 0.179. The predicted octanol–water partition coefficient (Wildman–Crippen LogP) is 6.31. The van der Waals surface area contributed by atoms with Crippen molar-refractivity contribution in [2.24, 2.45) is 0 Å². The lowest BCUT2D eigenvalue weighted by Gasteiger charge is -2.22. The zero-order valence-electron chi connectivity index (χ0n) is 19.5. The first kappa shape index (κ1) is 23.6. The standard InChI is InChI=1S/C28H24N2O5S/c1-18-26(20-7-3-2-4-8-20)35-28(33)30(18)17-22-16-21(27-29-12-13-36-27)10-11-24(22)34-23-9-5-6-19(14-23)15-25(31)32/h2-14,16,18,26H,15,17H2,1H3,(H,31,32)/t18-,26-/m0/s1. The van der Waals surface area contributed by atoms with E-state index in [0.717, 1.165) is 21.7 Å². The van der Waals surface area contributed by atoms with Gasteiger partial charge in [0.05, 0.1) is 19.0 Å². The van der Waals surface area contributed by atoms with Crippen LogP contribution in [0, 0.1) is 0 Å². The second kappa shape index (κ2) is 10.2. The number of amides is 1. The molecule has 36 heavy (non-hydrogen) atoms. The summed E-state index contributed by atoms with van der Waals surface area (Å²) in [6.45, 7) is 2.26. The number of benzene rings is 3. The van der Waals surface area contributed by atoms with Crippen molar-refractivity contribution in [3.05, 3.63) is 101 Å². The minimum absolute atomic E-state index is 0.0922. The molecule has 2 heterocycles. The molecule has 2 atom stereocenters. The lowest BCUT2D eigenvalue weighted by molar-refractivity contribution is -0.136. The van der Waals surface area contributed by atoms with Gasteiger partial charge in [-0.05, 0) is 48.4 Å². The summed E-state index contributed by atoms with van der Waals surface area (Å²) in [7, 11) is 0. The van der Waals surface area contributed by atoms with Crippen molar-refractivity contribution >= 4 is 23.4 Å². The van der Waals surface area contributed by atoms with E-state index in [4.69, 9.17) is 14.6 Å². The fourth-order valence-electron chi connectivity index (χ4n) is 4.31. The molecule has 0 saturated carbocycles. The highest BCUT2D eigenvalue weighted by Gasteiger charge is 2.39. The fourth-order valence-corrected chi connectivity index (χ4v) is 4.94. The van der Waals surface area contributed by atoms with E-state index in [1.54, 1.807) is 35.4 Å². The van der Waals surface area contributed by atoms with Gasteiger partial charge in [-0.3, -0.25) is 9.69 Å². The monoisotopic (exact) mass is 500 g/mol. The van der Waals surface area contributed by atoms with Crippen molar-refractivity contribution in [3.63, 3.8) is 0 Å². The molecule has 4 aromatic rings. The average Bonchev–Trinajstić information content (AvgIpc) is 3.50. The highest BCUT2D eigenvalue weighted by atomic mass is 32.1. The maximum Gasteiger partial charge on any atom is 0.411 e. The molecule has 1 aliphatic rings. The number of nitrogens with zero attached hydrogens (tertiary/aromatic N) is 2. The number of aromatic nitrogens is 1. The van der Waals surface area contributed by atoms with Crippen LogP contribution in [0.3, 0.4) is 0 Å². The largest absolute Gasteiger partial charge is 0.481 e. The van der Waals surface area contributed by atoms with E-state index in [9.17, 15) is 9.59 Å². The van der Waals surface area contributed by atoms with Gasteiger partial charge in [-0.2, -0.15) is 0 Å². The van der Waals surface area contributed by atoms with Crippen molar-refractivity contribution in [2.75, 3.05) is 0 Å². The van der Waals surface area contributed by atoms with Gasteiger partial charge in [0.15, 0.2) is 0 Å². The van der Waals surface area contributed by atoms with Gasteiger partial charge in [-0.1, -0.05) is 42.5 Å². The second-order valence-electron chi connectivity index (χ2n) is 8.56. The van der Waals surface area contributed by atoms with Crippen LogP contribution in [0.2, 0.25) is 0 Å². The SMILES string of the molecule is C[C@H]1[C@@H](c2ccccc2)OC(=O)N1Cc1cc(-c2nccs2)ccc1Oc1cccc(CC(=O)O)c1. The number of carboxylic acids is 1. The highest BCUT2D eigenvalue weighted by molar-refractivity contribution is 7.13. The van der Waals surface area contributed by atoms with E-state index in [2.05, 4.69) is 4.98 Å². The third kappa shape index (κ3) is 5.08. The van der Waals surface area contributed by atoms with Gasteiger partial charge >= 0.3 is 12.1 Å². The minimum Gasteiger partial charge on any atom is -0.481 e. The molecule has 8 heteroatoms. The number of hydrogen-bond acceptors (Lipinski definition) is 6. The summed E-state index contributed by atoms with van der Waals surface area (Å²) in [4.78, 5) is 30.1. The molecule has 1 aromatic heterocycles. The normalized spacial score (nSPS) is 17.1. The topological polar surface area (TPSA) is 89.0 Å². The first-order valence-electron chi connectivity index (χ1n) is 11.5. The number of carbonyl (C=O) groups is 2. The molecule has 1 amide bonds. The Morgan fingerprint density at radius 3 is 2.69 bits per heavy atom. The van der Waals surface area contributed by atoms with Gasteiger partial charge in [0, 0.05) is 22.7 Å². The van der Waals surface area contributed by atoms with Gasteiger partial charge in [0.25, 0.3) is 0 Å². The summed E-state index contributed by atoms with van der Waals surface area (Å²) in [5.74, 6) is 0.192. The van der Waals surface area contributed by atoms with Crippen LogP contribution >= 0.6 is 11.3 Å². The van der Waals surface area contributed by atoms with Crippen LogP contribution in [0.5, 0.6) is 11.5 Å². The first-order valence-corrected chi connectivity index (χ1v) is 12.4. The number of carbonyl (C=O) groups excluding carboxylic acids is 1. The lowest BCUT2D eigenvalue weighted by Crippen LogP contribution is -2.31. The van der Waals surface area contributed by atoms with Crippen molar-refractivity contribution in [3.8, 4) is 22.1 Å². The third-order valence-electron chi connectivity index (χ3n) is 6.08. The molecule has 0 aliphatic carbocycles. The maximum absolute atomic E-state index is 12.9. The third-order valence-corrected chi connectivity index (χ3v) is 6.90. The van der Waals surface area contributed by atoms with Gasteiger partial charge in [0.1, 0.15) is 22.6 Å². The number of aliphatic carboxylic acids is 1. The van der Waals surface area contributed by atoms with E-state index >= 15 is 0 Å². The van der Waals surface area contributed by atoms with Crippen LogP contribution < -0.4 is 4.74 Å². The molecule has 3 aromatic carbocycles. The van der Waals surface area contributed by atoms with Crippen LogP contribution in [-0.2, 0) is 22.5 Å². The van der Waals surface area contributed by atoms with Crippen LogP contribution in [0.4, 0.5) is 4.79 Å². The molecule has 182 valence electrons. The average molecular weight is 501 g/mol. The maximum atomic E-state index is 12.9. The number of hydrogen-bond donors (Lipinski definition) is 1. The second-order valence-corrected chi connectivity index (χ2v) is 9.46. The van der Waals surface area contributed by atoms with Gasteiger partial charge < -0.3 is 14.6 Å². The molecule has 0 radical (unpaired) electrons. The Morgan fingerprint density at radius 1 is 1.11 bits per heavy atom. The van der Waals surface area contributed by atoms with Crippen LogP contribution in [0.1, 0.15) is 29.7 Å². The summed E-state index contributed by atoms with van der Waals surface area (Å²) in [5, 5.41) is 11.9. The number of rotatable bonds is 8. The Kier molecular flexibility index (Phi) is 6.69. The summed E-state index contributed by atoms with van der Waals surface area (Å²) in [6, 6.07) is 22.3. The van der Waals surface area contributed by atoms with Crippen molar-refractivity contribution in [2.45, 2.75) is 32.0 Å². The number of ether oxygens (including phenoxy) is 2. The Labute approximate surface area is 212 Å². The van der Waals surface area contributed by atoms with E-state index in [1.165, 1.54) is 11.3 Å². The number of carboxylic acid groups (broad SMARTS) is 1. The van der Waals surface area contributed by atoms with E-state index in [1.807, 2.05) is 60.8 Å². The van der Waals surface area contributed by atoms with Gasteiger partial charge in [0.2, 0.25) is 0 Å². The van der Waals surface area contributed by atoms with E-state index in [0.29, 0.717) is 17.1 Å². The van der Waals surface area contributed by atoms with Gasteiger partial charge in [-0.15, -0.1) is 11.3 Å². The van der Waals surface area contributed by atoms with Crippen molar-refractivity contribution < 1.29 is 24.2 Å². The van der Waals surface area contributed by atoms with Crippen LogP contribution in [0.15, 0.2) is 84.4 Å². The lowest BCUT2D eigenvalue weighted by atomic mass is 10.0. The van der Waals surface area contributed by atoms with Crippen molar-refractivity contribution in [1.82, 2.24) is 9.88 Å². The summed E-state index contributed by atoms with van der Waals surface area (Å²) >= 11 is 1.53. The molecule has 0 unspecified atom stereocenters. The van der Waals surface area contributed by atoms with E-state index < -0.39 is 5.97 Å².